The van der Waals surface area contributed by atoms with Gasteiger partial charge < -0.3 is 9.88 Å². The third kappa shape index (κ3) is 3.44. The number of hydrogen-bond acceptors (Lipinski definition) is 3. The molecule has 0 aromatic carbocycles. The summed E-state index contributed by atoms with van der Waals surface area (Å²) in [6, 6.07) is 1.13. The van der Waals surface area contributed by atoms with Gasteiger partial charge in [0.05, 0.1) is 5.69 Å². The third-order valence-electron chi connectivity index (χ3n) is 3.67. The Kier molecular flexibility index (Phi) is 4.98. The predicted octanol–water partition coefficient (Wildman–Crippen LogP) is 3.86. The van der Waals surface area contributed by atoms with Gasteiger partial charge in [0.1, 0.15) is 0 Å². The average molecular weight is 267 g/mol. The van der Waals surface area contributed by atoms with Gasteiger partial charge in [0.25, 0.3) is 0 Å². The average Bonchev–Trinajstić information content (AvgIpc) is 2.72. The number of imidazole rings is 1. The van der Waals surface area contributed by atoms with E-state index in [1.165, 1.54) is 32.1 Å². The van der Waals surface area contributed by atoms with Crippen molar-refractivity contribution in [3.63, 3.8) is 0 Å². The molecule has 0 amide bonds. The van der Waals surface area contributed by atoms with Crippen LogP contribution in [0.15, 0.2) is 6.20 Å². The molecule has 0 spiro atoms. The molecule has 2 rings (SSSR count). The number of rotatable bonds is 5. The molecule has 0 radical (unpaired) electrons. The number of nitrogens with one attached hydrogen (secondary N) is 1. The van der Waals surface area contributed by atoms with Crippen molar-refractivity contribution in [1.29, 1.82) is 0 Å². The van der Waals surface area contributed by atoms with Gasteiger partial charge in [-0.3, -0.25) is 0 Å². The summed E-state index contributed by atoms with van der Waals surface area (Å²) in [5, 5.41) is 3.65. The summed E-state index contributed by atoms with van der Waals surface area (Å²) in [6.07, 6.45) is 11.0. The van der Waals surface area contributed by atoms with Crippen LogP contribution in [0.1, 0.15) is 50.8 Å². The van der Waals surface area contributed by atoms with Crippen LogP contribution in [0.2, 0.25) is 0 Å². The minimum Gasteiger partial charge on any atom is -0.353 e. The summed E-state index contributed by atoms with van der Waals surface area (Å²) in [5.41, 5.74) is 1.11. The summed E-state index contributed by atoms with van der Waals surface area (Å²) in [6.45, 7) is 4.35. The minimum atomic E-state index is 0.507. The molecular formula is C14H25N3S. The van der Waals surface area contributed by atoms with E-state index >= 15 is 0 Å². The van der Waals surface area contributed by atoms with E-state index < -0.39 is 0 Å². The van der Waals surface area contributed by atoms with E-state index in [0.29, 0.717) is 12.1 Å². The van der Waals surface area contributed by atoms with Gasteiger partial charge in [0, 0.05) is 24.0 Å². The van der Waals surface area contributed by atoms with E-state index in [9.17, 15) is 0 Å². The molecule has 1 aromatic rings. The standard InChI is InChI=1S/C14H25N3S/c1-11-9-17(12(2)10-18-3)14(15-11)16-13-7-5-4-6-8-13/h9,12-13H,4-8,10H2,1-3H3,(H,15,16). The summed E-state index contributed by atoms with van der Waals surface area (Å²) in [4.78, 5) is 4.65. The Hall–Kier alpha value is -0.640. The van der Waals surface area contributed by atoms with Crippen LogP contribution in [0.4, 0.5) is 5.95 Å². The van der Waals surface area contributed by atoms with Gasteiger partial charge in [0.2, 0.25) is 5.95 Å². The van der Waals surface area contributed by atoms with Crippen LogP contribution < -0.4 is 5.32 Å². The summed E-state index contributed by atoms with van der Waals surface area (Å²) in [5.74, 6) is 2.20. The molecule has 1 saturated carbocycles. The summed E-state index contributed by atoms with van der Waals surface area (Å²) < 4.78 is 2.31. The van der Waals surface area contributed by atoms with E-state index in [4.69, 9.17) is 0 Å². The first-order valence-corrected chi connectivity index (χ1v) is 8.41. The van der Waals surface area contributed by atoms with Crippen LogP contribution in [-0.4, -0.2) is 27.6 Å². The lowest BCUT2D eigenvalue weighted by atomic mass is 9.96. The number of hydrogen-bond donors (Lipinski definition) is 1. The Labute approximate surface area is 115 Å². The molecule has 1 heterocycles. The van der Waals surface area contributed by atoms with Crippen LogP contribution in [0.25, 0.3) is 0 Å². The second kappa shape index (κ2) is 6.50. The largest absolute Gasteiger partial charge is 0.353 e. The monoisotopic (exact) mass is 267 g/mol. The first-order chi connectivity index (χ1) is 8.70. The van der Waals surface area contributed by atoms with Crippen LogP contribution >= 0.6 is 11.8 Å². The SMILES string of the molecule is CSCC(C)n1cc(C)nc1NC1CCCCC1. The van der Waals surface area contributed by atoms with Crippen molar-refractivity contribution in [2.24, 2.45) is 0 Å². The molecule has 1 aliphatic carbocycles. The van der Waals surface area contributed by atoms with Gasteiger partial charge in [-0.05, 0) is 32.9 Å². The van der Waals surface area contributed by atoms with Crippen molar-refractivity contribution in [1.82, 2.24) is 9.55 Å². The first-order valence-electron chi connectivity index (χ1n) is 7.01. The highest BCUT2D eigenvalue weighted by atomic mass is 32.2. The van der Waals surface area contributed by atoms with Crippen LogP contribution in [0.5, 0.6) is 0 Å². The first kappa shape index (κ1) is 13.8. The third-order valence-corrected chi connectivity index (χ3v) is 4.49. The maximum absolute atomic E-state index is 4.65. The molecule has 1 atom stereocenters. The molecule has 0 saturated heterocycles. The Morgan fingerprint density at radius 1 is 1.44 bits per heavy atom. The highest BCUT2D eigenvalue weighted by Crippen LogP contribution is 2.24. The predicted molar refractivity (Wildman–Crippen MR) is 80.6 cm³/mol. The lowest BCUT2D eigenvalue weighted by Gasteiger charge is -2.25. The molecular weight excluding hydrogens is 242 g/mol. The van der Waals surface area contributed by atoms with E-state index in [2.05, 4.69) is 41.2 Å². The molecule has 102 valence electrons. The minimum absolute atomic E-state index is 0.507. The second-order valence-corrected chi connectivity index (χ2v) is 6.31. The molecule has 0 bridgehead atoms. The van der Waals surface area contributed by atoms with Gasteiger partial charge in [-0.25, -0.2) is 4.98 Å². The van der Waals surface area contributed by atoms with Gasteiger partial charge in [-0.1, -0.05) is 19.3 Å². The van der Waals surface area contributed by atoms with Crippen molar-refractivity contribution in [3.05, 3.63) is 11.9 Å². The lowest BCUT2D eigenvalue weighted by molar-refractivity contribution is 0.457. The number of thioether (sulfide) groups is 1. The van der Waals surface area contributed by atoms with Crippen molar-refractivity contribution in [3.8, 4) is 0 Å². The van der Waals surface area contributed by atoms with Crippen LogP contribution in [0, 0.1) is 6.92 Å². The normalized spacial score (nSPS) is 18.8. The van der Waals surface area contributed by atoms with Gasteiger partial charge in [0.15, 0.2) is 0 Å². The fourth-order valence-corrected chi connectivity index (χ4v) is 3.35. The molecule has 1 N–H and O–H groups in total. The molecule has 1 fully saturated rings. The molecule has 1 unspecified atom stereocenters. The van der Waals surface area contributed by atoms with E-state index in [1.807, 2.05) is 11.8 Å². The maximum Gasteiger partial charge on any atom is 0.203 e. The Morgan fingerprint density at radius 3 is 2.83 bits per heavy atom. The van der Waals surface area contributed by atoms with E-state index in [1.54, 1.807) is 0 Å². The zero-order chi connectivity index (χ0) is 13.0. The van der Waals surface area contributed by atoms with Crippen LogP contribution in [-0.2, 0) is 0 Å². The summed E-state index contributed by atoms with van der Waals surface area (Å²) in [7, 11) is 0. The van der Waals surface area contributed by atoms with E-state index in [0.717, 1.165) is 17.4 Å². The van der Waals surface area contributed by atoms with Gasteiger partial charge in [-0.15, -0.1) is 0 Å². The quantitative estimate of drug-likeness (QED) is 0.878. The molecule has 1 aromatic heterocycles. The van der Waals surface area contributed by atoms with Crippen molar-refractivity contribution >= 4 is 17.7 Å². The molecule has 4 heteroatoms. The molecule has 3 nitrogen and oxygen atoms in total. The molecule has 1 aliphatic rings. The number of aromatic nitrogens is 2. The highest BCUT2D eigenvalue weighted by Gasteiger charge is 2.17. The molecule has 0 aliphatic heterocycles. The maximum atomic E-state index is 4.65. The van der Waals surface area contributed by atoms with Crippen LogP contribution in [0.3, 0.4) is 0 Å². The summed E-state index contributed by atoms with van der Waals surface area (Å²) >= 11 is 1.89. The fraction of sp³-hybridized carbons (Fsp3) is 0.786. The Bertz CT molecular complexity index is 369. The van der Waals surface area contributed by atoms with Crippen molar-refractivity contribution < 1.29 is 0 Å². The van der Waals surface area contributed by atoms with Gasteiger partial charge >= 0.3 is 0 Å². The topological polar surface area (TPSA) is 29.9 Å². The second-order valence-electron chi connectivity index (χ2n) is 5.40. The zero-order valence-electron chi connectivity index (χ0n) is 11.8. The Morgan fingerprint density at radius 2 is 2.17 bits per heavy atom. The fourth-order valence-electron chi connectivity index (χ4n) is 2.71. The Balaban J connectivity index is 2.06. The molecule has 18 heavy (non-hydrogen) atoms. The number of nitrogens with zero attached hydrogens (tertiary/aromatic N) is 2. The number of aryl methyl sites for hydroxylation is 1. The van der Waals surface area contributed by atoms with Crippen molar-refractivity contribution in [2.75, 3.05) is 17.3 Å². The van der Waals surface area contributed by atoms with Crippen molar-refractivity contribution in [2.45, 2.75) is 58.0 Å². The van der Waals surface area contributed by atoms with E-state index in [-0.39, 0.29) is 0 Å². The van der Waals surface area contributed by atoms with Gasteiger partial charge in [-0.2, -0.15) is 11.8 Å². The number of anilines is 1. The highest BCUT2D eigenvalue weighted by molar-refractivity contribution is 7.98. The smallest absolute Gasteiger partial charge is 0.203 e. The lowest BCUT2D eigenvalue weighted by Crippen LogP contribution is -2.25. The zero-order valence-corrected chi connectivity index (χ0v) is 12.6.